The quantitative estimate of drug-likeness (QED) is 0.663. The van der Waals surface area contributed by atoms with Crippen LogP contribution in [0.25, 0.3) is 0 Å². The van der Waals surface area contributed by atoms with Crippen LogP contribution in [0, 0.1) is 0 Å². The Morgan fingerprint density at radius 3 is 2.38 bits per heavy atom. The van der Waals surface area contributed by atoms with Gasteiger partial charge in [0.15, 0.2) is 0 Å². The average Bonchev–Trinajstić information content (AvgIpc) is 2.32. The van der Waals surface area contributed by atoms with E-state index in [4.69, 9.17) is 10.5 Å². The van der Waals surface area contributed by atoms with E-state index in [1.54, 1.807) is 6.92 Å². The second-order valence-electron chi connectivity index (χ2n) is 4.31. The van der Waals surface area contributed by atoms with Crippen LogP contribution < -0.4 is 11.1 Å². The van der Waals surface area contributed by atoms with Crippen molar-refractivity contribution in [2.45, 2.75) is 58.6 Å². The zero-order valence-corrected chi connectivity index (χ0v) is 11.0. The fourth-order valence-corrected chi connectivity index (χ4v) is 1.21. The van der Waals surface area contributed by atoms with Gasteiger partial charge in [0.1, 0.15) is 6.10 Å². The lowest BCUT2D eigenvalue weighted by Crippen LogP contribution is -2.46. The van der Waals surface area contributed by atoms with Crippen LogP contribution in [0.1, 0.15) is 47.0 Å². The van der Waals surface area contributed by atoms with E-state index in [1.807, 2.05) is 20.8 Å². The van der Waals surface area contributed by atoms with Crippen molar-refractivity contribution in [3.8, 4) is 0 Å². The summed E-state index contributed by atoms with van der Waals surface area (Å²) >= 11 is 0. The van der Waals surface area contributed by atoms with Crippen LogP contribution in [0.2, 0.25) is 0 Å². The molecule has 0 spiro atoms. The second kappa shape index (κ2) is 7.63. The Morgan fingerprint density at radius 2 is 1.94 bits per heavy atom. The predicted octanol–water partition coefficient (Wildman–Crippen LogP) is 1.44. The number of hydrogen-bond acceptors (Lipinski definition) is 3. The fourth-order valence-electron chi connectivity index (χ4n) is 1.21. The van der Waals surface area contributed by atoms with Gasteiger partial charge >= 0.3 is 0 Å². The van der Waals surface area contributed by atoms with Crippen LogP contribution in [0.5, 0.6) is 0 Å². The van der Waals surface area contributed by atoms with Gasteiger partial charge in [0.25, 0.3) is 0 Å². The number of ether oxygens (including phenoxy) is 1. The maximum Gasteiger partial charge on any atom is 0.248 e. The van der Waals surface area contributed by atoms with Crippen LogP contribution in [0.4, 0.5) is 0 Å². The molecule has 0 saturated carbocycles. The monoisotopic (exact) mass is 230 g/mol. The minimum absolute atomic E-state index is 0.0589. The average molecular weight is 230 g/mol. The SMILES string of the molecule is CCCNC(=O)C(C)OCC(N)(CC)CC. The number of amides is 1. The summed E-state index contributed by atoms with van der Waals surface area (Å²) in [6.45, 7) is 8.98. The lowest BCUT2D eigenvalue weighted by atomic mass is 9.95. The van der Waals surface area contributed by atoms with Crippen LogP contribution in [-0.2, 0) is 9.53 Å². The second-order valence-corrected chi connectivity index (χ2v) is 4.31. The zero-order valence-electron chi connectivity index (χ0n) is 11.0. The van der Waals surface area contributed by atoms with Gasteiger partial charge in [-0.3, -0.25) is 4.79 Å². The van der Waals surface area contributed by atoms with Crippen LogP contribution in [-0.4, -0.2) is 30.7 Å². The van der Waals surface area contributed by atoms with E-state index in [1.165, 1.54) is 0 Å². The Hall–Kier alpha value is -0.610. The highest BCUT2D eigenvalue weighted by molar-refractivity contribution is 5.80. The molecular formula is C12H26N2O2. The molecule has 0 saturated heterocycles. The third-order valence-electron chi connectivity index (χ3n) is 2.95. The van der Waals surface area contributed by atoms with Crippen LogP contribution >= 0.6 is 0 Å². The van der Waals surface area contributed by atoms with Gasteiger partial charge in [-0.1, -0.05) is 20.8 Å². The Morgan fingerprint density at radius 1 is 1.38 bits per heavy atom. The summed E-state index contributed by atoms with van der Waals surface area (Å²) < 4.78 is 5.51. The number of hydrogen-bond donors (Lipinski definition) is 2. The highest BCUT2D eigenvalue weighted by Gasteiger charge is 2.23. The van der Waals surface area contributed by atoms with Gasteiger partial charge in [-0.2, -0.15) is 0 Å². The molecule has 0 aromatic heterocycles. The molecule has 1 unspecified atom stereocenters. The first-order valence-electron chi connectivity index (χ1n) is 6.17. The third kappa shape index (κ3) is 5.47. The smallest absolute Gasteiger partial charge is 0.248 e. The number of nitrogens with two attached hydrogens (primary N) is 1. The van der Waals surface area contributed by atoms with Crippen molar-refractivity contribution in [1.82, 2.24) is 5.32 Å². The van der Waals surface area contributed by atoms with Crippen LogP contribution in [0.3, 0.4) is 0 Å². The van der Waals surface area contributed by atoms with Gasteiger partial charge in [0.2, 0.25) is 5.91 Å². The molecule has 0 aromatic carbocycles. The molecule has 0 aliphatic heterocycles. The van der Waals surface area contributed by atoms with Crippen molar-refractivity contribution >= 4 is 5.91 Å². The molecule has 0 aromatic rings. The molecule has 0 aliphatic rings. The summed E-state index contributed by atoms with van der Waals surface area (Å²) in [5.74, 6) is -0.0589. The zero-order chi connectivity index (χ0) is 12.6. The molecule has 1 amide bonds. The summed E-state index contributed by atoms with van der Waals surface area (Å²) in [5.41, 5.74) is 5.78. The molecule has 96 valence electrons. The van der Waals surface area contributed by atoms with Gasteiger partial charge < -0.3 is 15.8 Å². The summed E-state index contributed by atoms with van der Waals surface area (Å²) in [5, 5.41) is 2.80. The topological polar surface area (TPSA) is 64.3 Å². The number of nitrogens with one attached hydrogen (secondary N) is 1. The van der Waals surface area contributed by atoms with Gasteiger partial charge in [-0.15, -0.1) is 0 Å². The standard InChI is InChI=1S/C12H26N2O2/c1-5-8-14-11(15)10(4)16-9-12(13,6-2)7-3/h10H,5-9,13H2,1-4H3,(H,14,15). The van der Waals surface area contributed by atoms with Crippen molar-refractivity contribution in [3.63, 3.8) is 0 Å². The maximum atomic E-state index is 11.5. The maximum absolute atomic E-state index is 11.5. The first kappa shape index (κ1) is 15.4. The van der Waals surface area contributed by atoms with E-state index in [-0.39, 0.29) is 11.4 Å². The van der Waals surface area contributed by atoms with Crippen LogP contribution in [0.15, 0.2) is 0 Å². The molecule has 1 atom stereocenters. The molecule has 3 N–H and O–H groups in total. The molecule has 0 heterocycles. The Balaban J connectivity index is 3.95. The minimum Gasteiger partial charge on any atom is -0.367 e. The summed E-state index contributed by atoms with van der Waals surface area (Å²) in [6.07, 6.45) is 2.22. The Kier molecular flexibility index (Phi) is 7.34. The first-order valence-corrected chi connectivity index (χ1v) is 6.17. The molecule has 4 nitrogen and oxygen atoms in total. The van der Waals surface area contributed by atoms with E-state index in [2.05, 4.69) is 5.32 Å². The summed E-state index contributed by atoms with van der Waals surface area (Å²) in [4.78, 5) is 11.5. The van der Waals surface area contributed by atoms with E-state index < -0.39 is 6.10 Å². The Labute approximate surface area is 98.9 Å². The largest absolute Gasteiger partial charge is 0.367 e. The van der Waals surface area contributed by atoms with Crippen molar-refractivity contribution in [2.75, 3.05) is 13.2 Å². The number of rotatable bonds is 8. The number of carbonyl (C=O) groups is 1. The third-order valence-corrected chi connectivity index (χ3v) is 2.95. The highest BCUT2D eigenvalue weighted by Crippen LogP contribution is 2.12. The van der Waals surface area contributed by atoms with Gasteiger partial charge in [-0.05, 0) is 26.2 Å². The van der Waals surface area contributed by atoms with Gasteiger partial charge in [-0.25, -0.2) is 0 Å². The van der Waals surface area contributed by atoms with Crippen molar-refractivity contribution in [2.24, 2.45) is 5.73 Å². The molecule has 0 bridgehead atoms. The van der Waals surface area contributed by atoms with Crippen molar-refractivity contribution in [1.29, 1.82) is 0 Å². The lowest BCUT2D eigenvalue weighted by molar-refractivity contribution is -0.132. The molecule has 0 fully saturated rings. The number of carbonyl (C=O) groups excluding carboxylic acids is 1. The predicted molar refractivity (Wildman–Crippen MR) is 66.2 cm³/mol. The van der Waals surface area contributed by atoms with E-state index in [0.29, 0.717) is 13.2 Å². The molecular weight excluding hydrogens is 204 g/mol. The minimum atomic E-state index is -0.424. The van der Waals surface area contributed by atoms with Gasteiger partial charge in [0, 0.05) is 12.1 Å². The highest BCUT2D eigenvalue weighted by atomic mass is 16.5. The van der Waals surface area contributed by atoms with E-state index >= 15 is 0 Å². The van der Waals surface area contributed by atoms with E-state index in [9.17, 15) is 4.79 Å². The lowest BCUT2D eigenvalue weighted by Gasteiger charge is -2.27. The van der Waals surface area contributed by atoms with Crippen molar-refractivity contribution < 1.29 is 9.53 Å². The first-order chi connectivity index (χ1) is 7.49. The van der Waals surface area contributed by atoms with Gasteiger partial charge in [0.05, 0.1) is 6.61 Å². The molecule has 4 heteroatoms. The fraction of sp³-hybridized carbons (Fsp3) is 0.917. The molecule has 0 aliphatic carbocycles. The molecule has 0 radical (unpaired) electrons. The van der Waals surface area contributed by atoms with E-state index in [0.717, 1.165) is 19.3 Å². The molecule has 16 heavy (non-hydrogen) atoms. The normalized spacial score (nSPS) is 13.6. The summed E-state index contributed by atoms with van der Waals surface area (Å²) in [7, 11) is 0. The molecule has 0 rings (SSSR count). The van der Waals surface area contributed by atoms with Crippen molar-refractivity contribution in [3.05, 3.63) is 0 Å². The Bertz CT molecular complexity index is 203. The summed E-state index contributed by atoms with van der Waals surface area (Å²) in [6, 6.07) is 0.